The summed E-state index contributed by atoms with van der Waals surface area (Å²) >= 11 is 0. The molecule has 1 N–H and O–H groups in total. The summed E-state index contributed by atoms with van der Waals surface area (Å²) in [4.78, 5) is 0. The maximum Gasteiger partial charge on any atom is 0.123 e. The first-order valence-electron chi connectivity index (χ1n) is 9.35. The van der Waals surface area contributed by atoms with E-state index in [-0.39, 0.29) is 5.82 Å². The minimum absolute atomic E-state index is 0.213. The van der Waals surface area contributed by atoms with Crippen LogP contribution in [0.5, 0.6) is 0 Å². The van der Waals surface area contributed by atoms with Crippen LogP contribution in [0.2, 0.25) is 0 Å². The standard InChI is InChI=1S/C24H22FN3/c1-18-7-11-20(12-8-18)24-21(16-26-15-19-9-13-22(25)14-10-19)17-28(27-24)23-5-3-2-4-6-23/h2-14,17,26H,15-16H2,1H3. The third-order valence-electron chi connectivity index (χ3n) is 4.69. The Morgan fingerprint density at radius 1 is 0.857 bits per heavy atom. The molecule has 0 atom stereocenters. The molecule has 0 aliphatic rings. The summed E-state index contributed by atoms with van der Waals surface area (Å²) in [5.74, 6) is -0.213. The van der Waals surface area contributed by atoms with Gasteiger partial charge in [0.15, 0.2) is 0 Å². The molecule has 4 aromatic rings. The third kappa shape index (κ3) is 4.18. The fraction of sp³-hybridized carbons (Fsp3) is 0.125. The van der Waals surface area contributed by atoms with E-state index in [1.165, 1.54) is 17.7 Å². The molecule has 28 heavy (non-hydrogen) atoms. The van der Waals surface area contributed by atoms with Crippen LogP contribution >= 0.6 is 0 Å². The van der Waals surface area contributed by atoms with Gasteiger partial charge in [-0.2, -0.15) is 5.10 Å². The van der Waals surface area contributed by atoms with E-state index in [4.69, 9.17) is 5.10 Å². The zero-order valence-corrected chi connectivity index (χ0v) is 15.8. The molecule has 0 radical (unpaired) electrons. The molecule has 0 aliphatic heterocycles. The number of hydrogen-bond acceptors (Lipinski definition) is 2. The van der Waals surface area contributed by atoms with E-state index < -0.39 is 0 Å². The molecular weight excluding hydrogens is 349 g/mol. The van der Waals surface area contributed by atoms with Crippen molar-refractivity contribution in [2.75, 3.05) is 0 Å². The van der Waals surface area contributed by atoms with Gasteiger partial charge in [-0.3, -0.25) is 0 Å². The van der Waals surface area contributed by atoms with Crippen molar-refractivity contribution in [3.05, 3.63) is 108 Å². The van der Waals surface area contributed by atoms with Crippen LogP contribution in [0, 0.1) is 12.7 Å². The van der Waals surface area contributed by atoms with Gasteiger partial charge in [-0.25, -0.2) is 9.07 Å². The summed E-state index contributed by atoms with van der Waals surface area (Å²) in [7, 11) is 0. The van der Waals surface area contributed by atoms with Crippen LogP contribution < -0.4 is 5.32 Å². The quantitative estimate of drug-likeness (QED) is 0.500. The number of nitrogens with zero attached hydrogens (tertiary/aromatic N) is 2. The Morgan fingerprint density at radius 2 is 1.57 bits per heavy atom. The van der Waals surface area contributed by atoms with Crippen molar-refractivity contribution < 1.29 is 4.39 Å². The number of rotatable bonds is 6. The minimum atomic E-state index is -0.213. The Hall–Kier alpha value is -3.24. The van der Waals surface area contributed by atoms with E-state index >= 15 is 0 Å². The van der Waals surface area contributed by atoms with Crippen LogP contribution in [0.1, 0.15) is 16.7 Å². The van der Waals surface area contributed by atoms with Gasteiger partial charge in [0.1, 0.15) is 5.82 Å². The van der Waals surface area contributed by atoms with Gasteiger partial charge < -0.3 is 5.32 Å². The van der Waals surface area contributed by atoms with E-state index in [9.17, 15) is 4.39 Å². The van der Waals surface area contributed by atoms with Gasteiger partial charge in [0.05, 0.1) is 11.4 Å². The fourth-order valence-corrected chi connectivity index (χ4v) is 3.15. The van der Waals surface area contributed by atoms with Gasteiger partial charge in [-0.15, -0.1) is 0 Å². The second-order valence-electron chi connectivity index (χ2n) is 6.88. The maximum absolute atomic E-state index is 13.1. The second-order valence-corrected chi connectivity index (χ2v) is 6.88. The lowest BCUT2D eigenvalue weighted by atomic mass is 10.1. The summed E-state index contributed by atoms with van der Waals surface area (Å²) in [6, 6.07) is 25.1. The first kappa shape index (κ1) is 18.1. The number of para-hydroxylation sites is 1. The molecule has 3 nitrogen and oxygen atoms in total. The Bertz CT molecular complexity index is 1040. The van der Waals surface area contributed by atoms with E-state index in [1.54, 1.807) is 12.1 Å². The molecule has 4 rings (SSSR count). The third-order valence-corrected chi connectivity index (χ3v) is 4.69. The minimum Gasteiger partial charge on any atom is -0.308 e. The van der Waals surface area contributed by atoms with Crippen molar-refractivity contribution in [1.29, 1.82) is 0 Å². The molecule has 3 aromatic carbocycles. The topological polar surface area (TPSA) is 29.9 Å². The summed E-state index contributed by atoms with van der Waals surface area (Å²) in [5.41, 5.74) is 6.49. The molecule has 0 bridgehead atoms. The van der Waals surface area contributed by atoms with Crippen LogP contribution in [0.3, 0.4) is 0 Å². The van der Waals surface area contributed by atoms with Gasteiger partial charge in [-0.05, 0) is 36.8 Å². The van der Waals surface area contributed by atoms with Gasteiger partial charge >= 0.3 is 0 Å². The number of aromatic nitrogens is 2. The molecule has 0 fully saturated rings. The molecule has 0 saturated heterocycles. The smallest absolute Gasteiger partial charge is 0.123 e. The predicted molar refractivity (Wildman–Crippen MR) is 111 cm³/mol. The highest BCUT2D eigenvalue weighted by Gasteiger charge is 2.12. The zero-order chi connectivity index (χ0) is 19.3. The molecule has 1 heterocycles. The first-order chi connectivity index (χ1) is 13.7. The van der Waals surface area contributed by atoms with Crippen molar-refractivity contribution >= 4 is 0 Å². The summed E-state index contributed by atoms with van der Waals surface area (Å²) in [6.45, 7) is 3.43. The lowest BCUT2D eigenvalue weighted by molar-refractivity contribution is 0.625. The molecule has 0 amide bonds. The van der Waals surface area contributed by atoms with E-state index in [2.05, 4.69) is 42.7 Å². The first-order valence-corrected chi connectivity index (χ1v) is 9.35. The van der Waals surface area contributed by atoms with Gasteiger partial charge in [0, 0.05) is 30.4 Å². The van der Waals surface area contributed by atoms with Crippen molar-refractivity contribution in [3.8, 4) is 16.9 Å². The van der Waals surface area contributed by atoms with Crippen molar-refractivity contribution in [1.82, 2.24) is 15.1 Å². The number of hydrogen-bond donors (Lipinski definition) is 1. The zero-order valence-electron chi connectivity index (χ0n) is 15.8. The van der Waals surface area contributed by atoms with E-state index in [0.29, 0.717) is 13.1 Å². The number of nitrogens with one attached hydrogen (secondary N) is 1. The maximum atomic E-state index is 13.1. The van der Waals surface area contributed by atoms with E-state index in [0.717, 1.165) is 28.1 Å². The van der Waals surface area contributed by atoms with Crippen LogP contribution in [-0.2, 0) is 13.1 Å². The number of benzene rings is 3. The molecular formula is C24H22FN3. The fourth-order valence-electron chi connectivity index (χ4n) is 3.15. The summed E-state index contributed by atoms with van der Waals surface area (Å²) in [5, 5.41) is 8.29. The number of halogens is 1. The van der Waals surface area contributed by atoms with Gasteiger partial charge in [0.2, 0.25) is 0 Å². The van der Waals surface area contributed by atoms with Crippen LogP contribution in [0.15, 0.2) is 85.1 Å². The molecule has 0 spiro atoms. The summed E-state index contributed by atoms with van der Waals surface area (Å²) < 4.78 is 15.0. The Labute approximate surface area is 164 Å². The Morgan fingerprint density at radius 3 is 2.29 bits per heavy atom. The lowest BCUT2D eigenvalue weighted by Gasteiger charge is -2.06. The Kier molecular flexibility index (Phi) is 5.31. The highest BCUT2D eigenvalue weighted by molar-refractivity contribution is 5.63. The van der Waals surface area contributed by atoms with Gasteiger partial charge in [0.25, 0.3) is 0 Å². The van der Waals surface area contributed by atoms with Crippen LogP contribution in [0.4, 0.5) is 4.39 Å². The normalized spacial score (nSPS) is 10.9. The SMILES string of the molecule is Cc1ccc(-c2nn(-c3ccccc3)cc2CNCc2ccc(F)cc2)cc1. The molecule has 4 heteroatoms. The van der Waals surface area contributed by atoms with Crippen molar-refractivity contribution in [2.24, 2.45) is 0 Å². The molecule has 0 aliphatic carbocycles. The van der Waals surface area contributed by atoms with Crippen molar-refractivity contribution in [2.45, 2.75) is 20.0 Å². The lowest BCUT2D eigenvalue weighted by Crippen LogP contribution is -2.12. The largest absolute Gasteiger partial charge is 0.308 e. The van der Waals surface area contributed by atoms with Crippen molar-refractivity contribution in [3.63, 3.8) is 0 Å². The second kappa shape index (κ2) is 8.19. The Balaban J connectivity index is 1.59. The highest BCUT2D eigenvalue weighted by atomic mass is 19.1. The molecule has 140 valence electrons. The van der Waals surface area contributed by atoms with Crippen LogP contribution in [0.25, 0.3) is 16.9 Å². The molecule has 1 aromatic heterocycles. The molecule has 0 unspecified atom stereocenters. The number of aryl methyl sites for hydroxylation is 1. The average Bonchev–Trinajstić information content (AvgIpc) is 3.15. The van der Waals surface area contributed by atoms with Crippen LogP contribution in [-0.4, -0.2) is 9.78 Å². The average molecular weight is 371 g/mol. The van der Waals surface area contributed by atoms with Gasteiger partial charge in [-0.1, -0.05) is 60.2 Å². The highest BCUT2D eigenvalue weighted by Crippen LogP contribution is 2.24. The predicted octanol–water partition coefficient (Wildman–Crippen LogP) is 5.28. The summed E-state index contributed by atoms with van der Waals surface area (Å²) in [6.07, 6.45) is 2.07. The van der Waals surface area contributed by atoms with E-state index in [1.807, 2.05) is 35.0 Å². The monoisotopic (exact) mass is 371 g/mol. The molecule has 0 saturated carbocycles.